The molecule has 3 saturated carbocycles. The molecule has 0 amide bonds. The van der Waals surface area contributed by atoms with Crippen LogP contribution in [-0.4, -0.2) is 76.1 Å². The number of aromatic amines is 1. The number of allylic oxidation sites excluding steroid dienone is 1. The first-order valence-corrected chi connectivity index (χ1v) is 18.4. The SMILES string of the molecule is CC(C)CCCC(C)[C@H]1CC[C@H]2[C@@H]3CC=C4C[C@@H](O)CC[C@]4(C)[C@H]3CC[C@]12C.O=c1[nH]cnc2c1ncn2[C@]1(O)O[C@H](CO)[C@@H](O)[C@H]1O. The van der Waals surface area contributed by atoms with Crippen molar-refractivity contribution in [2.45, 2.75) is 136 Å². The third-order valence-electron chi connectivity index (χ3n) is 13.6. The fourth-order valence-corrected chi connectivity index (χ4v) is 10.9. The molecule has 11 heteroatoms. The number of ether oxygens (including phenoxy) is 1. The van der Waals surface area contributed by atoms with Crippen molar-refractivity contribution in [1.82, 2.24) is 19.5 Å². The summed E-state index contributed by atoms with van der Waals surface area (Å²) < 4.78 is 6.02. The van der Waals surface area contributed by atoms with Gasteiger partial charge in [0.2, 0.25) is 0 Å². The van der Waals surface area contributed by atoms with Gasteiger partial charge in [-0.1, -0.05) is 65.5 Å². The van der Waals surface area contributed by atoms with Crippen LogP contribution in [-0.2, 0) is 10.6 Å². The van der Waals surface area contributed by atoms with Gasteiger partial charge in [-0.15, -0.1) is 0 Å². The minimum absolute atomic E-state index is 0.0268. The second-order valence-electron chi connectivity index (χ2n) is 16.6. The van der Waals surface area contributed by atoms with Crippen molar-refractivity contribution in [3.8, 4) is 0 Å². The molecule has 2 aromatic heterocycles. The van der Waals surface area contributed by atoms with Gasteiger partial charge < -0.3 is 35.3 Å². The number of hydrogen-bond acceptors (Lipinski definition) is 9. The Balaban J connectivity index is 0.000000177. The van der Waals surface area contributed by atoms with E-state index in [1.165, 1.54) is 57.8 Å². The lowest BCUT2D eigenvalue weighted by molar-refractivity contribution is -0.287. The Labute approximate surface area is 283 Å². The summed E-state index contributed by atoms with van der Waals surface area (Å²) in [5, 5.41) is 49.3. The van der Waals surface area contributed by atoms with E-state index < -0.39 is 36.4 Å². The number of hydrogen-bond donors (Lipinski definition) is 6. The van der Waals surface area contributed by atoms with Gasteiger partial charge in [-0.3, -0.25) is 9.36 Å². The zero-order valence-electron chi connectivity index (χ0n) is 29.4. The summed E-state index contributed by atoms with van der Waals surface area (Å²) in [5.41, 5.74) is 2.00. The highest BCUT2D eigenvalue weighted by molar-refractivity contribution is 5.69. The van der Waals surface area contributed by atoms with Crippen molar-refractivity contribution in [2.24, 2.45) is 46.3 Å². The number of nitrogens with one attached hydrogen (secondary N) is 1. The van der Waals surface area contributed by atoms with Crippen molar-refractivity contribution in [2.75, 3.05) is 6.61 Å². The predicted octanol–water partition coefficient (Wildman–Crippen LogP) is 4.22. The van der Waals surface area contributed by atoms with Crippen LogP contribution in [0.5, 0.6) is 0 Å². The lowest BCUT2D eigenvalue weighted by Crippen LogP contribution is -2.50. The van der Waals surface area contributed by atoms with Crippen molar-refractivity contribution in [3.63, 3.8) is 0 Å². The predicted molar refractivity (Wildman–Crippen MR) is 181 cm³/mol. The van der Waals surface area contributed by atoms with Gasteiger partial charge in [0, 0.05) is 0 Å². The van der Waals surface area contributed by atoms with Gasteiger partial charge in [0.25, 0.3) is 11.5 Å². The van der Waals surface area contributed by atoms with E-state index in [4.69, 9.17) is 9.84 Å². The summed E-state index contributed by atoms with van der Waals surface area (Å²) in [4.78, 5) is 21.5. The van der Waals surface area contributed by atoms with Crippen LogP contribution in [0, 0.1) is 46.3 Å². The van der Waals surface area contributed by atoms with Crippen LogP contribution in [0.4, 0.5) is 0 Å². The van der Waals surface area contributed by atoms with Crippen molar-refractivity contribution >= 4 is 11.2 Å². The molecule has 7 rings (SSSR count). The molecule has 0 radical (unpaired) electrons. The smallest absolute Gasteiger partial charge is 0.286 e. The molecule has 1 aliphatic heterocycles. The minimum Gasteiger partial charge on any atom is -0.394 e. The lowest BCUT2D eigenvalue weighted by atomic mass is 9.47. The summed E-state index contributed by atoms with van der Waals surface area (Å²) in [7, 11) is 0. The van der Waals surface area contributed by atoms with Crippen LogP contribution in [0.15, 0.2) is 29.1 Å². The maximum atomic E-state index is 11.5. The maximum Gasteiger partial charge on any atom is 0.286 e. The number of nitrogens with zero attached hydrogens (tertiary/aromatic N) is 3. The zero-order valence-corrected chi connectivity index (χ0v) is 29.4. The van der Waals surface area contributed by atoms with E-state index in [0.29, 0.717) is 10.8 Å². The molecule has 11 nitrogen and oxygen atoms in total. The molecular formula is C37H58N4O7. The molecule has 48 heavy (non-hydrogen) atoms. The van der Waals surface area contributed by atoms with Crippen LogP contribution in [0.2, 0.25) is 0 Å². The average molecular weight is 671 g/mol. The van der Waals surface area contributed by atoms with Crippen LogP contribution in [0.25, 0.3) is 11.2 Å². The fourth-order valence-electron chi connectivity index (χ4n) is 10.9. The number of aliphatic hydroxyl groups excluding tert-OH is 4. The molecule has 4 aliphatic carbocycles. The Bertz CT molecular complexity index is 1520. The molecule has 12 atom stereocenters. The second-order valence-corrected chi connectivity index (χ2v) is 16.6. The molecule has 0 spiro atoms. The van der Waals surface area contributed by atoms with Crippen molar-refractivity contribution in [1.29, 1.82) is 0 Å². The highest BCUT2D eigenvalue weighted by atomic mass is 16.7. The van der Waals surface area contributed by atoms with Crippen LogP contribution >= 0.6 is 0 Å². The molecule has 0 aromatic carbocycles. The zero-order chi connectivity index (χ0) is 34.6. The Morgan fingerprint density at radius 1 is 1.04 bits per heavy atom. The lowest BCUT2D eigenvalue weighted by Gasteiger charge is -2.58. The molecule has 6 N–H and O–H groups in total. The van der Waals surface area contributed by atoms with Gasteiger partial charge in [0.05, 0.1) is 19.0 Å². The van der Waals surface area contributed by atoms with E-state index in [2.05, 4.69) is 55.6 Å². The second kappa shape index (κ2) is 13.5. The first-order chi connectivity index (χ1) is 22.7. The molecule has 3 heterocycles. The van der Waals surface area contributed by atoms with Crippen molar-refractivity contribution < 1.29 is 30.3 Å². The average Bonchev–Trinajstić information content (AvgIpc) is 3.71. The molecule has 0 bridgehead atoms. The van der Waals surface area contributed by atoms with E-state index in [9.17, 15) is 25.2 Å². The van der Waals surface area contributed by atoms with Crippen LogP contribution < -0.4 is 5.56 Å². The Kier molecular flexibility index (Phi) is 10.1. The highest BCUT2D eigenvalue weighted by Gasteiger charge is 2.59. The number of imidazole rings is 1. The molecular weight excluding hydrogens is 612 g/mol. The summed E-state index contributed by atoms with van der Waals surface area (Å²) in [5.74, 6) is 3.08. The standard InChI is InChI=1S/C27H46O.C10H12N4O6/c1-18(2)7-6-8-19(3)23-11-12-24-22-10-9-20-17-21(28)13-15-26(20,4)25(22)14-16-27(23,24)5;15-1-4-6(16)7(17)10(19,20-4)14-3-13-5-8(14)11-2-12-9(5)18/h9,18-19,21-25,28H,6-8,10-17H2,1-5H3;2-4,6-7,15-17,19H,1H2,(H,11,12,18)/t19?,21-,22-,23+,24-,25-,26-,27+;4-,6-,7-,10-/m01/s1. The summed E-state index contributed by atoms with van der Waals surface area (Å²) in [6.07, 6.45) is 14.9. The Hall–Kier alpha value is -2.15. The first kappa shape index (κ1) is 35.7. The Morgan fingerprint density at radius 3 is 2.52 bits per heavy atom. The normalized spacial score (nSPS) is 41.3. The Morgan fingerprint density at radius 2 is 1.81 bits per heavy atom. The van der Waals surface area contributed by atoms with Crippen molar-refractivity contribution in [3.05, 3.63) is 34.7 Å². The van der Waals surface area contributed by atoms with E-state index >= 15 is 0 Å². The largest absolute Gasteiger partial charge is 0.394 e. The van der Waals surface area contributed by atoms with E-state index in [1.54, 1.807) is 5.57 Å². The molecule has 1 saturated heterocycles. The number of aromatic nitrogens is 4. The minimum atomic E-state index is -2.37. The van der Waals surface area contributed by atoms with Crippen LogP contribution in [0.3, 0.4) is 0 Å². The van der Waals surface area contributed by atoms with Gasteiger partial charge in [-0.2, -0.15) is 0 Å². The molecule has 4 fully saturated rings. The molecule has 1 unspecified atom stereocenters. The molecule has 268 valence electrons. The number of H-pyrrole nitrogens is 1. The molecule has 2 aromatic rings. The number of aliphatic hydroxyl groups is 5. The monoisotopic (exact) mass is 670 g/mol. The first-order valence-electron chi connectivity index (χ1n) is 18.4. The maximum absolute atomic E-state index is 11.5. The number of rotatable bonds is 7. The molecule has 5 aliphatic rings. The van der Waals surface area contributed by atoms with E-state index in [1.807, 2.05) is 0 Å². The highest BCUT2D eigenvalue weighted by Crippen LogP contribution is 2.67. The summed E-state index contributed by atoms with van der Waals surface area (Å²) >= 11 is 0. The van der Waals surface area contributed by atoms with E-state index in [0.717, 1.165) is 65.6 Å². The van der Waals surface area contributed by atoms with E-state index in [-0.39, 0.29) is 17.3 Å². The topological polar surface area (TPSA) is 174 Å². The van der Waals surface area contributed by atoms with Gasteiger partial charge in [0.1, 0.15) is 18.5 Å². The van der Waals surface area contributed by atoms with Gasteiger partial charge in [-0.05, 0) is 97.7 Å². The van der Waals surface area contributed by atoms with Gasteiger partial charge in [-0.25, -0.2) is 9.97 Å². The number of fused-ring (bicyclic) bond motifs is 6. The third kappa shape index (κ3) is 6.00. The quantitative estimate of drug-likeness (QED) is 0.236. The van der Waals surface area contributed by atoms with Crippen LogP contribution in [0.1, 0.15) is 105 Å². The third-order valence-corrected chi connectivity index (χ3v) is 13.6. The fraction of sp³-hybridized carbons (Fsp3) is 0.811. The summed E-state index contributed by atoms with van der Waals surface area (Å²) in [6, 6.07) is 0. The summed E-state index contributed by atoms with van der Waals surface area (Å²) in [6.45, 7) is 12.0. The van der Waals surface area contributed by atoms with Gasteiger partial charge >= 0.3 is 0 Å². The van der Waals surface area contributed by atoms with Gasteiger partial charge in [0.15, 0.2) is 17.3 Å².